The summed E-state index contributed by atoms with van der Waals surface area (Å²) in [6, 6.07) is 4.08. The van der Waals surface area contributed by atoms with Gasteiger partial charge in [0.25, 0.3) is 5.56 Å². The van der Waals surface area contributed by atoms with Gasteiger partial charge in [0, 0.05) is 24.2 Å². The van der Waals surface area contributed by atoms with Crippen molar-refractivity contribution < 1.29 is 27.0 Å². The van der Waals surface area contributed by atoms with E-state index < -0.39 is 17.6 Å². The summed E-state index contributed by atoms with van der Waals surface area (Å²) in [5.74, 6) is -0.277. The molecule has 14 heteroatoms. The van der Waals surface area contributed by atoms with Gasteiger partial charge in [-0.05, 0) is 55.8 Å². The van der Waals surface area contributed by atoms with Gasteiger partial charge < -0.3 is 14.8 Å². The fourth-order valence-corrected chi connectivity index (χ4v) is 5.88. The molecule has 198 valence electrons. The van der Waals surface area contributed by atoms with E-state index >= 15 is 0 Å². The Morgan fingerprint density at radius 3 is 2.75 bits per heavy atom. The molecular formula is C22H24BrClF4N4O3S. The highest BCUT2D eigenvalue weighted by Gasteiger charge is 2.34. The summed E-state index contributed by atoms with van der Waals surface area (Å²) < 4.78 is 66.3. The Morgan fingerprint density at radius 2 is 2.08 bits per heavy atom. The van der Waals surface area contributed by atoms with Crippen LogP contribution in [0.5, 0.6) is 5.75 Å². The zero-order valence-electron chi connectivity index (χ0n) is 19.0. The summed E-state index contributed by atoms with van der Waals surface area (Å²) in [6.07, 6.45) is -1.31. The predicted molar refractivity (Wildman–Crippen MR) is 132 cm³/mol. The second kappa shape index (κ2) is 11.5. The van der Waals surface area contributed by atoms with E-state index in [1.54, 1.807) is 6.07 Å². The molecule has 1 atom stereocenters. The van der Waals surface area contributed by atoms with Gasteiger partial charge in [0.15, 0.2) is 5.67 Å². The van der Waals surface area contributed by atoms with Crippen molar-refractivity contribution in [3.63, 3.8) is 0 Å². The molecule has 36 heavy (non-hydrogen) atoms. The van der Waals surface area contributed by atoms with Gasteiger partial charge >= 0.3 is 6.36 Å². The van der Waals surface area contributed by atoms with Gasteiger partial charge in [0.1, 0.15) is 10.8 Å². The number of hydrogen-bond acceptors (Lipinski definition) is 7. The number of benzene rings is 1. The largest absolute Gasteiger partial charge is 0.573 e. The van der Waals surface area contributed by atoms with Gasteiger partial charge in [-0.25, -0.2) is 13.4 Å². The Balaban J connectivity index is 1.37. The molecule has 0 saturated carbocycles. The lowest BCUT2D eigenvalue weighted by molar-refractivity contribution is -0.275. The molecule has 3 heterocycles. The molecule has 1 N–H and O–H groups in total. The average molecular weight is 616 g/mol. The highest BCUT2D eigenvalue weighted by molar-refractivity contribution is 9.10. The first-order chi connectivity index (χ1) is 17.0. The summed E-state index contributed by atoms with van der Waals surface area (Å²) in [7, 11) is 0. The van der Waals surface area contributed by atoms with Crippen molar-refractivity contribution in [3.8, 4) is 5.75 Å². The normalized spacial score (nSPS) is 21.9. The van der Waals surface area contributed by atoms with E-state index in [0.717, 1.165) is 11.9 Å². The number of anilines is 1. The molecule has 0 aliphatic carbocycles. The minimum atomic E-state index is -4.79. The van der Waals surface area contributed by atoms with Gasteiger partial charge in [-0.3, -0.25) is 4.79 Å². The van der Waals surface area contributed by atoms with Crippen molar-refractivity contribution >= 4 is 45.2 Å². The number of alkyl halides is 4. The van der Waals surface area contributed by atoms with Crippen LogP contribution in [0.2, 0.25) is 5.02 Å². The Kier molecular flexibility index (Phi) is 8.75. The molecule has 2 aliphatic heterocycles. The zero-order valence-corrected chi connectivity index (χ0v) is 22.2. The zero-order chi connectivity index (χ0) is 25.9. The van der Waals surface area contributed by atoms with E-state index in [1.165, 1.54) is 23.0 Å². The van der Waals surface area contributed by atoms with Crippen molar-refractivity contribution in [2.24, 2.45) is 0 Å². The Labute approximate surface area is 222 Å². The number of piperidine rings is 1. The first-order valence-electron chi connectivity index (χ1n) is 11.3. The lowest BCUT2D eigenvalue weighted by Gasteiger charge is -2.32. The molecule has 0 amide bonds. The summed E-state index contributed by atoms with van der Waals surface area (Å²) in [6.45, 7) is 1.49. The highest BCUT2D eigenvalue weighted by atomic mass is 79.9. The Morgan fingerprint density at radius 1 is 1.33 bits per heavy atom. The van der Waals surface area contributed by atoms with Crippen LogP contribution in [0, 0.1) is 0 Å². The van der Waals surface area contributed by atoms with Crippen molar-refractivity contribution in [1.29, 1.82) is 0 Å². The second-order valence-corrected chi connectivity index (χ2v) is 11.1. The molecule has 1 aromatic carbocycles. The third-order valence-corrected chi connectivity index (χ3v) is 7.94. The molecule has 0 spiro atoms. The van der Waals surface area contributed by atoms with Crippen molar-refractivity contribution in [1.82, 2.24) is 14.1 Å². The fourth-order valence-electron chi connectivity index (χ4n) is 4.12. The maximum Gasteiger partial charge on any atom is 0.573 e. The van der Waals surface area contributed by atoms with Crippen LogP contribution >= 0.6 is 39.5 Å². The Hall–Kier alpha value is -1.54. The summed E-state index contributed by atoms with van der Waals surface area (Å²) in [4.78, 5) is 13.2. The van der Waals surface area contributed by atoms with Gasteiger partial charge in [-0.2, -0.15) is 5.10 Å². The molecule has 2 aromatic rings. The van der Waals surface area contributed by atoms with Crippen LogP contribution < -0.4 is 15.6 Å². The van der Waals surface area contributed by atoms with Crippen LogP contribution in [0.25, 0.3) is 0 Å². The van der Waals surface area contributed by atoms with E-state index in [4.69, 9.17) is 16.3 Å². The van der Waals surface area contributed by atoms with E-state index in [2.05, 4.69) is 31.1 Å². The molecule has 1 unspecified atom stereocenters. The fraction of sp³-hybridized carbons (Fsp3) is 0.545. The number of nitrogens with zero attached hydrogens (tertiary/aromatic N) is 3. The predicted octanol–water partition coefficient (Wildman–Crippen LogP) is 5.83. The summed E-state index contributed by atoms with van der Waals surface area (Å²) in [5.41, 5.74) is -1.74. The minimum Gasteiger partial charge on any atom is -0.405 e. The number of ether oxygens (including phenoxy) is 2. The SMILES string of the molecule is O=c1c(Cl)c(NCC2(F)CCCOC2)cnn1C1CCN(Sc2cc(Br)ccc2OC(F)(F)F)CC1. The number of halogens is 6. The lowest BCUT2D eigenvalue weighted by atomic mass is 9.99. The van der Waals surface area contributed by atoms with Gasteiger partial charge in [-0.1, -0.05) is 27.5 Å². The standard InChI is InChI=1S/C22H24BrClF4N4O3S/c23-14-2-3-17(35-22(26,27)28)18(10-14)36-31-7-4-15(5-8-31)32-20(33)19(24)16(11-30-32)29-12-21(25)6-1-9-34-13-21/h2-3,10-11,15,29H,1,4-9,12-13H2. The van der Waals surface area contributed by atoms with Gasteiger partial charge in [0.2, 0.25) is 0 Å². The topological polar surface area (TPSA) is 68.6 Å². The van der Waals surface area contributed by atoms with E-state index in [1.807, 2.05) is 4.31 Å². The smallest absolute Gasteiger partial charge is 0.405 e. The van der Waals surface area contributed by atoms with Crippen LogP contribution in [0.4, 0.5) is 23.2 Å². The van der Waals surface area contributed by atoms with Crippen LogP contribution in [0.3, 0.4) is 0 Å². The van der Waals surface area contributed by atoms with Crippen LogP contribution in [-0.4, -0.2) is 59.0 Å². The number of nitrogens with one attached hydrogen (secondary N) is 1. The Bertz CT molecular complexity index is 1130. The van der Waals surface area contributed by atoms with Crippen molar-refractivity contribution in [2.45, 2.75) is 48.7 Å². The quantitative estimate of drug-likeness (QED) is 0.311. The third-order valence-electron chi connectivity index (χ3n) is 5.94. The van der Waals surface area contributed by atoms with Gasteiger partial charge in [0.05, 0.1) is 36.0 Å². The second-order valence-electron chi connectivity index (χ2n) is 8.67. The first kappa shape index (κ1) is 27.5. The molecule has 2 aliphatic rings. The molecular weight excluding hydrogens is 592 g/mol. The molecule has 0 bridgehead atoms. The highest BCUT2D eigenvalue weighted by Crippen LogP contribution is 2.39. The maximum absolute atomic E-state index is 14.8. The minimum absolute atomic E-state index is 0.0115. The number of rotatable bonds is 7. The number of hydrogen-bond donors (Lipinski definition) is 1. The van der Waals surface area contributed by atoms with Crippen LogP contribution in [-0.2, 0) is 4.74 Å². The summed E-state index contributed by atoms with van der Waals surface area (Å²) >= 11 is 10.7. The van der Waals surface area contributed by atoms with Crippen LogP contribution in [0.15, 0.2) is 38.6 Å². The van der Waals surface area contributed by atoms with E-state index in [9.17, 15) is 22.4 Å². The van der Waals surface area contributed by atoms with E-state index in [0.29, 0.717) is 54.7 Å². The maximum atomic E-state index is 14.8. The average Bonchev–Trinajstić information content (AvgIpc) is 2.82. The molecule has 7 nitrogen and oxygen atoms in total. The summed E-state index contributed by atoms with van der Waals surface area (Å²) in [5, 5.41) is 7.07. The molecule has 1 aromatic heterocycles. The first-order valence-corrected chi connectivity index (χ1v) is 13.2. The van der Waals surface area contributed by atoms with Crippen LogP contribution in [0.1, 0.15) is 31.7 Å². The van der Waals surface area contributed by atoms with Gasteiger partial charge in [-0.15, -0.1) is 13.2 Å². The van der Waals surface area contributed by atoms with Crippen molar-refractivity contribution in [2.75, 3.05) is 38.2 Å². The molecule has 2 saturated heterocycles. The molecule has 0 radical (unpaired) electrons. The lowest BCUT2D eigenvalue weighted by Crippen LogP contribution is -2.41. The molecule has 2 fully saturated rings. The monoisotopic (exact) mass is 614 g/mol. The van der Waals surface area contributed by atoms with E-state index in [-0.39, 0.29) is 35.7 Å². The number of aromatic nitrogens is 2. The van der Waals surface area contributed by atoms with Crippen molar-refractivity contribution in [3.05, 3.63) is 44.2 Å². The molecule has 4 rings (SSSR count). The third kappa shape index (κ3) is 7.06.